The number of carbonyl (C=O) groups is 1. The van der Waals surface area contributed by atoms with Gasteiger partial charge in [-0.2, -0.15) is 0 Å². The predicted molar refractivity (Wildman–Crippen MR) is 128 cm³/mol. The Bertz CT molecular complexity index is 871. The van der Waals surface area contributed by atoms with E-state index in [2.05, 4.69) is 6.92 Å². The number of hydrogen-bond acceptors (Lipinski definition) is 2. The molecule has 2 aliphatic rings. The summed E-state index contributed by atoms with van der Waals surface area (Å²) in [6.07, 6.45) is 11.6. The zero-order valence-corrected chi connectivity index (χ0v) is 19.7. The Balaban J connectivity index is 1.30. The minimum atomic E-state index is -0.430. The van der Waals surface area contributed by atoms with Gasteiger partial charge in [-0.3, -0.25) is 0 Å². The Labute approximate surface area is 196 Å². The number of carbonyl (C=O) groups excluding carboxylic acids is 1. The van der Waals surface area contributed by atoms with Crippen LogP contribution in [0.3, 0.4) is 0 Å². The molecular formula is C28H34ClFO2. The Morgan fingerprint density at radius 2 is 1.66 bits per heavy atom. The summed E-state index contributed by atoms with van der Waals surface area (Å²) in [7, 11) is 0. The van der Waals surface area contributed by atoms with Crippen LogP contribution in [0.25, 0.3) is 0 Å². The molecule has 2 unspecified atom stereocenters. The summed E-state index contributed by atoms with van der Waals surface area (Å²) in [4.78, 5) is 12.4. The van der Waals surface area contributed by atoms with Crippen LogP contribution in [0, 0.1) is 23.6 Å². The summed E-state index contributed by atoms with van der Waals surface area (Å²) >= 11 is 6.94. The number of rotatable bonds is 6. The van der Waals surface area contributed by atoms with Crippen LogP contribution in [-0.4, -0.2) is 11.3 Å². The largest absolute Gasteiger partial charge is 0.423 e. The molecule has 2 fully saturated rings. The Morgan fingerprint density at radius 3 is 2.28 bits per heavy atom. The summed E-state index contributed by atoms with van der Waals surface area (Å²) in [6, 6.07) is 13.2. The van der Waals surface area contributed by atoms with Crippen LogP contribution >= 0.6 is 11.6 Å². The Kier molecular flexibility index (Phi) is 7.88. The lowest BCUT2D eigenvalue weighted by molar-refractivity contribution is 0.0734. The summed E-state index contributed by atoms with van der Waals surface area (Å²) in [5, 5.41) is 0.240. The van der Waals surface area contributed by atoms with Crippen LogP contribution < -0.4 is 4.74 Å². The lowest BCUT2D eigenvalue weighted by Gasteiger charge is -2.40. The third-order valence-electron chi connectivity index (χ3n) is 7.66. The van der Waals surface area contributed by atoms with Crippen LogP contribution in [0.15, 0.2) is 48.5 Å². The Hall–Kier alpha value is -1.87. The molecule has 2 aromatic rings. The van der Waals surface area contributed by atoms with Crippen molar-refractivity contribution in [2.75, 3.05) is 0 Å². The second kappa shape index (κ2) is 10.8. The molecule has 0 radical (unpaired) electrons. The van der Waals surface area contributed by atoms with Crippen LogP contribution in [0.1, 0.15) is 86.6 Å². The molecule has 3 atom stereocenters. The van der Waals surface area contributed by atoms with E-state index in [0.29, 0.717) is 23.1 Å². The summed E-state index contributed by atoms with van der Waals surface area (Å²) in [5.74, 6) is 2.40. The van der Waals surface area contributed by atoms with Gasteiger partial charge < -0.3 is 4.74 Å². The molecule has 0 aliphatic heterocycles. The normalized spacial score (nSPS) is 28.3. The number of ether oxygens (including phenoxy) is 1. The first-order valence-electron chi connectivity index (χ1n) is 12.2. The highest BCUT2D eigenvalue weighted by Gasteiger charge is 2.36. The molecule has 0 bridgehead atoms. The van der Waals surface area contributed by atoms with Crippen molar-refractivity contribution in [3.63, 3.8) is 0 Å². The van der Waals surface area contributed by atoms with E-state index in [1.54, 1.807) is 0 Å². The first-order chi connectivity index (χ1) is 15.5. The van der Waals surface area contributed by atoms with Crippen LogP contribution in [0.4, 0.5) is 4.39 Å². The third-order valence-corrected chi connectivity index (χ3v) is 8.16. The second-order valence-electron chi connectivity index (χ2n) is 9.72. The van der Waals surface area contributed by atoms with Gasteiger partial charge >= 0.3 is 5.97 Å². The van der Waals surface area contributed by atoms with E-state index in [0.717, 1.165) is 18.3 Å². The van der Waals surface area contributed by atoms with Crippen molar-refractivity contribution < 1.29 is 13.9 Å². The van der Waals surface area contributed by atoms with Crippen molar-refractivity contribution in [2.24, 2.45) is 17.8 Å². The van der Waals surface area contributed by atoms with E-state index in [-0.39, 0.29) is 11.2 Å². The molecule has 0 aromatic heterocycles. The second-order valence-corrected chi connectivity index (χ2v) is 10.3. The molecule has 2 saturated carbocycles. The van der Waals surface area contributed by atoms with Crippen molar-refractivity contribution in [2.45, 2.75) is 76.0 Å². The summed E-state index contributed by atoms with van der Waals surface area (Å²) in [6.45, 7) is 2.29. The topological polar surface area (TPSA) is 26.3 Å². The minimum absolute atomic E-state index is 0.240. The number of benzene rings is 2. The molecule has 0 spiro atoms. The number of alkyl halides is 1. The maximum atomic E-state index is 13.0. The quantitative estimate of drug-likeness (QED) is 0.249. The molecule has 0 heterocycles. The zero-order valence-electron chi connectivity index (χ0n) is 18.9. The molecule has 0 amide bonds. The molecule has 2 aliphatic carbocycles. The fourth-order valence-electron chi connectivity index (χ4n) is 5.85. The van der Waals surface area contributed by atoms with Gasteiger partial charge in [-0.15, -0.1) is 11.6 Å². The third kappa shape index (κ3) is 5.73. The highest BCUT2D eigenvalue weighted by atomic mass is 35.5. The fraction of sp³-hybridized carbons (Fsp3) is 0.536. The summed E-state index contributed by atoms with van der Waals surface area (Å²) < 4.78 is 18.4. The number of esters is 1. The van der Waals surface area contributed by atoms with Crippen LogP contribution in [0.2, 0.25) is 0 Å². The van der Waals surface area contributed by atoms with Crippen molar-refractivity contribution >= 4 is 17.6 Å². The first-order valence-corrected chi connectivity index (χ1v) is 12.7. The molecule has 2 nitrogen and oxygen atoms in total. The lowest BCUT2D eigenvalue weighted by atomic mass is 9.67. The van der Waals surface area contributed by atoms with E-state index >= 15 is 0 Å². The van der Waals surface area contributed by atoms with E-state index in [9.17, 15) is 9.18 Å². The van der Waals surface area contributed by atoms with Crippen molar-refractivity contribution in [1.29, 1.82) is 0 Å². The maximum absolute atomic E-state index is 13.0. The standard InChI is InChI=1S/C28H34ClFO2/c1-2-3-19-4-6-21(7-5-19)26-17-12-23(18-27(26)29)20-8-10-22(11-9-20)28(31)32-25-15-13-24(30)14-16-25/h8-11,13-16,19,21,23,26-27H,2-7,12,17-18H2,1H3/t19-,21-,23?,26-,27?/m0/s1. The molecule has 2 aromatic carbocycles. The highest BCUT2D eigenvalue weighted by molar-refractivity contribution is 6.20. The minimum Gasteiger partial charge on any atom is -0.423 e. The van der Waals surface area contributed by atoms with Gasteiger partial charge in [0.15, 0.2) is 0 Å². The predicted octanol–water partition coefficient (Wildman–Crippen LogP) is 8.14. The monoisotopic (exact) mass is 456 g/mol. The SMILES string of the molecule is CCC[C@H]1CC[C@H]([C@@H]2CCC(c3ccc(C(=O)Oc4ccc(F)cc4)cc3)CC2Cl)CC1. The highest BCUT2D eigenvalue weighted by Crippen LogP contribution is 2.46. The van der Waals surface area contributed by atoms with Crippen LogP contribution in [-0.2, 0) is 0 Å². The van der Waals surface area contributed by atoms with Crippen molar-refractivity contribution in [1.82, 2.24) is 0 Å². The lowest BCUT2D eigenvalue weighted by Crippen LogP contribution is -2.32. The smallest absolute Gasteiger partial charge is 0.343 e. The van der Waals surface area contributed by atoms with Crippen molar-refractivity contribution in [3.8, 4) is 5.75 Å². The molecular weight excluding hydrogens is 423 g/mol. The molecule has 0 saturated heterocycles. The summed E-state index contributed by atoms with van der Waals surface area (Å²) in [5.41, 5.74) is 1.75. The van der Waals surface area contributed by atoms with E-state index in [1.165, 1.54) is 81.2 Å². The van der Waals surface area contributed by atoms with Gasteiger partial charge in [-0.25, -0.2) is 9.18 Å². The van der Waals surface area contributed by atoms with Crippen LogP contribution in [0.5, 0.6) is 5.75 Å². The average molecular weight is 457 g/mol. The number of halogens is 2. The van der Waals surface area contributed by atoms with E-state index in [4.69, 9.17) is 16.3 Å². The average Bonchev–Trinajstić information content (AvgIpc) is 2.81. The molecule has 4 heteroatoms. The van der Waals surface area contributed by atoms with Gasteiger partial charge in [0.25, 0.3) is 0 Å². The molecule has 0 N–H and O–H groups in total. The van der Waals surface area contributed by atoms with Gasteiger partial charge in [0.2, 0.25) is 0 Å². The van der Waals surface area contributed by atoms with Gasteiger partial charge in [0.1, 0.15) is 11.6 Å². The molecule has 32 heavy (non-hydrogen) atoms. The molecule has 172 valence electrons. The maximum Gasteiger partial charge on any atom is 0.343 e. The molecule has 4 rings (SSSR count). The zero-order chi connectivity index (χ0) is 22.5. The Morgan fingerprint density at radius 1 is 0.969 bits per heavy atom. The first kappa shape index (κ1) is 23.3. The van der Waals surface area contributed by atoms with Crippen molar-refractivity contribution in [3.05, 3.63) is 65.5 Å². The number of hydrogen-bond donors (Lipinski definition) is 0. The van der Waals surface area contributed by atoms with Gasteiger partial charge in [-0.05, 0) is 97.7 Å². The van der Waals surface area contributed by atoms with E-state index < -0.39 is 5.97 Å². The van der Waals surface area contributed by atoms with E-state index in [1.807, 2.05) is 24.3 Å². The van der Waals surface area contributed by atoms with Gasteiger partial charge in [0, 0.05) is 5.38 Å². The fourth-order valence-corrected chi connectivity index (χ4v) is 6.39. The van der Waals surface area contributed by atoms with Gasteiger partial charge in [0.05, 0.1) is 5.56 Å². The van der Waals surface area contributed by atoms with Gasteiger partial charge in [-0.1, -0.05) is 44.7 Å².